The molecular weight excluding hydrogens is 204 g/mol. The average molecular weight is 226 g/mol. The van der Waals surface area contributed by atoms with Crippen molar-refractivity contribution in [2.45, 2.75) is 44.8 Å². The summed E-state index contributed by atoms with van der Waals surface area (Å²) in [6.07, 6.45) is 2.22. The Kier molecular flexibility index (Phi) is 2.65. The molecule has 1 amide bonds. The van der Waals surface area contributed by atoms with E-state index in [2.05, 4.69) is 5.32 Å². The summed E-state index contributed by atoms with van der Waals surface area (Å²) in [4.78, 5) is 13.8. The Morgan fingerprint density at radius 2 is 2.06 bits per heavy atom. The molecular formula is C12H22N2O2. The molecule has 4 heteroatoms. The largest absolute Gasteiger partial charge is 0.444 e. The Labute approximate surface area is 97.3 Å². The molecule has 0 aromatic rings. The van der Waals surface area contributed by atoms with Crippen molar-refractivity contribution in [2.24, 2.45) is 5.92 Å². The summed E-state index contributed by atoms with van der Waals surface area (Å²) in [5, 5.41) is 3.34. The van der Waals surface area contributed by atoms with E-state index in [0.29, 0.717) is 5.92 Å². The fraction of sp³-hybridized carbons (Fsp3) is 0.917. The van der Waals surface area contributed by atoms with Gasteiger partial charge in [0.25, 0.3) is 0 Å². The van der Waals surface area contributed by atoms with E-state index in [-0.39, 0.29) is 11.6 Å². The van der Waals surface area contributed by atoms with Crippen LogP contribution in [0.1, 0.15) is 33.6 Å². The van der Waals surface area contributed by atoms with Crippen molar-refractivity contribution in [1.29, 1.82) is 0 Å². The van der Waals surface area contributed by atoms with E-state index >= 15 is 0 Å². The molecule has 0 aromatic heterocycles. The summed E-state index contributed by atoms with van der Waals surface area (Å²) in [6.45, 7) is 7.36. The average Bonchev–Trinajstić information content (AvgIpc) is 2.14. The zero-order chi connectivity index (χ0) is 12.0. The van der Waals surface area contributed by atoms with E-state index in [1.165, 1.54) is 12.8 Å². The van der Waals surface area contributed by atoms with Crippen molar-refractivity contribution < 1.29 is 9.53 Å². The lowest BCUT2D eigenvalue weighted by molar-refractivity contribution is -0.0375. The number of amides is 1. The lowest BCUT2D eigenvalue weighted by Crippen LogP contribution is -2.68. The monoisotopic (exact) mass is 226 g/mol. The van der Waals surface area contributed by atoms with Crippen molar-refractivity contribution in [3.8, 4) is 0 Å². The Balaban J connectivity index is 1.94. The second-order valence-electron chi connectivity index (χ2n) is 6.17. The van der Waals surface area contributed by atoms with Crippen molar-refractivity contribution >= 4 is 6.09 Å². The highest BCUT2D eigenvalue weighted by molar-refractivity contribution is 5.68. The van der Waals surface area contributed by atoms with Crippen molar-refractivity contribution in [3.05, 3.63) is 0 Å². The topological polar surface area (TPSA) is 41.6 Å². The van der Waals surface area contributed by atoms with Gasteiger partial charge in [0.2, 0.25) is 0 Å². The van der Waals surface area contributed by atoms with E-state index in [1.54, 1.807) is 0 Å². The van der Waals surface area contributed by atoms with Gasteiger partial charge in [-0.05, 0) is 46.6 Å². The van der Waals surface area contributed by atoms with E-state index in [0.717, 1.165) is 13.1 Å². The third kappa shape index (κ3) is 2.17. The Morgan fingerprint density at radius 1 is 1.44 bits per heavy atom. The Hall–Kier alpha value is -0.770. The van der Waals surface area contributed by atoms with Gasteiger partial charge < -0.3 is 15.0 Å². The molecule has 92 valence electrons. The van der Waals surface area contributed by atoms with Gasteiger partial charge >= 0.3 is 6.09 Å². The standard InChI is InChI=1S/C12H22N2O2/c1-11(2,3)16-10(15)14-7-9-5-12(6-9,8-14)13-4/h9,13H,5-8H2,1-4H3. The molecule has 2 aliphatic heterocycles. The zero-order valence-electron chi connectivity index (χ0n) is 10.7. The number of carbonyl (C=O) groups excluding carboxylic acids is 1. The van der Waals surface area contributed by atoms with Crippen LogP contribution in [0.15, 0.2) is 0 Å². The van der Waals surface area contributed by atoms with Crippen LogP contribution in [0.5, 0.6) is 0 Å². The summed E-state index contributed by atoms with van der Waals surface area (Å²) in [6, 6.07) is 0. The summed E-state index contributed by atoms with van der Waals surface area (Å²) >= 11 is 0. The molecule has 1 saturated carbocycles. The number of carbonyl (C=O) groups is 1. The molecule has 0 aromatic carbocycles. The van der Waals surface area contributed by atoms with Crippen molar-refractivity contribution in [1.82, 2.24) is 10.2 Å². The van der Waals surface area contributed by atoms with E-state index in [4.69, 9.17) is 4.74 Å². The number of piperidine rings is 2. The number of likely N-dealkylation sites (N-methyl/N-ethyl adjacent to an activating group) is 1. The van der Waals surface area contributed by atoms with Crippen LogP contribution < -0.4 is 5.32 Å². The molecule has 2 bridgehead atoms. The number of ether oxygens (including phenoxy) is 1. The molecule has 2 saturated heterocycles. The molecule has 1 N–H and O–H groups in total. The van der Waals surface area contributed by atoms with Crippen LogP contribution in [0, 0.1) is 5.92 Å². The number of fused-ring (bicyclic) bond motifs is 2. The molecule has 1 aliphatic carbocycles. The minimum absolute atomic E-state index is 0.166. The predicted octanol–water partition coefficient (Wildman–Crippen LogP) is 1.61. The minimum Gasteiger partial charge on any atom is -0.444 e. The lowest BCUT2D eigenvalue weighted by atomic mass is 9.65. The number of nitrogens with one attached hydrogen (secondary N) is 1. The highest BCUT2D eigenvalue weighted by Crippen LogP contribution is 2.43. The van der Waals surface area contributed by atoms with Gasteiger partial charge in [-0.15, -0.1) is 0 Å². The van der Waals surface area contributed by atoms with Crippen molar-refractivity contribution in [3.63, 3.8) is 0 Å². The molecule has 0 radical (unpaired) electrons. The lowest BCUT2D eigenvalue weighted by Gasteiger charge is -2.56. The summed E-state index contributed by atoms with van der Waals surface area (Å²) < 4.78 is 5.39. The third-order valence-electron chi connectivity index (χ3n) is 3.51. The van der Waals surface area contributed by atoms with Crippen LogP contribution in [0.2, 0.25) is 0 Å². The number of hydrogen-bond acceptors (Lipinski definition) is 3. The third-order valence-corrected chi connectivity index (χ3v) is 3.51. The minimum atomic E-state index is -0.397. The van der Waals surface area contributed by atoms with E-state index in [1.807, 2.05) is 32.7 Å². The van der Waals surface area contributed by atoms with E-state index in [9.17, 15) is 4.79 Å². The van der Waals surface area contributed by atoms with Gasteiger partial charge in [0.1, 0.15) is 5.60 Å². The SMILES string of the molecule is CNC12CC(CN(C(=O)OC(C)(C)C)C1)C2. The second kappa shape index (κ2) is 3.62. The molecule has 3 aliphatic rings. The maximum Gasteiger partial charge on any atom is 0.410 e. The molecule has 0 spiro atoms. The molecule has 0 atom stereocenters. The van der Waals surface area contributed by atoms with Crippen LogP contribution in [-0.2, 0) is 4.74 Å². The molecule has 2 heterocycles. The van der Waals surface area contributed by atoms with Crippen LogP contribution in [0.4, 0.5) is 4.79 Å². The zero-order valence-corrected chi connectivity index (χ0v) is 10.7. The fourth-order valence-corrected chi connectivity index (χ4v) is 2.79. The first kappa shape index (κ1) is 11.7. The first-order chi connectivity index (χ1) is 7.34. The number of hydrogen-bond donors (Lipinski definition) is 1. The molecule has 0 unspecified atom stereocenters. The highest BCUT2D eigenvalue weighted by atomic mass is 16.6. The van der Waals surface area contributed by atoms with Gasteiger partial charge in [0.15, 0.2) is 0 Å². The van der Waals surface area contributed by atoms with Gasteiger partial charge in [0, 0.05) is 18.6 Å². The summed E-state index contributed by atoms with van der Waals surface area (Å²) in [5.41, 5.74) is -0.231. The fourth-order valence-electron chi connectivity index (χ4n) is 2.79. The van der Waals surface area contributed by atoms with E-state index < -0.39 is 5.60 Å². The predicted molar refractivity (Wildman–Crippen MR) is 62.3 cm³/mol. The quantitative estimate of drug-likeness (QED) is 0.738. The smallest absolute Gasteiger partial charge is 0.410 e. The Morgan fingerprint density at radius 3 is 2.56 bits per heavy atom. The first-order valence-electron chi connectivity index (χ1n) is 6.00. The van der Waals surface area contributed by atoms with Gasteiger partial charge in [-0.1, -0.05) is 0 Å². The van der Waals surface area contributed by atoms with Crippen LogP contribution in [0.25, 0.3) is 0 Å². The molecule has 16 heavy (non-hydrogen) atoms. The number of rotatable bonds is 1. The van der Waals surface area contributed by atoms with Gasteiger partial charge in [0.05, 0.1) is 0 Å². The van der Waals surface area contributed by atoms with Crippen LogP contribution in [-0.4, -0.2) is 42.3 Å². The van der Waals surface area contributed by atoms with Gasteiger partial charge in [-0.3, -0.25) is 0 Å². The summed E-state index contributed by atoms with van der Waals surface area (Å²) in [7, 11) is 1.98. The van der Waals surface area contributed by atoms with Crippen LogP contribution in [0.3, 0.4) is 0 Å². The molecule has 4 nitrogen and oxygen atoms in total. The summed E-state index contributed by atoms with van der Waals surface area (Å²) in [5.74, 6) is 0.661. The number of nitrogens with zero attached hydrogens (tertiary/aromatic N) is 1. The van der Waals surface area contributed by atoms with Gasteiger partial charge in [-0.25, -0.2) is 4.79 Å². The maximum atomic E-state index is 11.9. The normalized spacial score (nSPS) is 33.2. The first-order valence-corrected chi connectivity index (χ1v) is 6.00. The van der Waals surface area contributed by atoms with Crippen molar-refractivity contribution in [2.75, 3.05) is 20.1 Å². The second-order valence-corrected chi connectivity index (χ2v) is 6.17. The Bertz CT molecular complexity index is 290. The van der Waals surface area contributed by atoms with Gasteiger partial charge in [-0.2, -0.15) is 0 Å². The molecule has 3 rings (SSSR count). The highest BCUT2D eigenvalue weighted by Gasteiger charge is 2.50. The van der Waals surface area contributed by atoms with Crippen LogP contribution >= 0.6 is 0 Å². The molecule has 3 fully saturated rings. The maximum absolute atomic E-state index is 11.9.